The van der Waals surface area contributed by atoms with Crippen molar-refractivity contribution in [3.05, 3.63) is 66.1 Å². The van der Waals surface area contributed by atoms with Gasteiger partial charge in [0.15, 0.2) is 5.65 Å². The number of piperidine rings is 1. The van der Waals surface area contributed by atoms with E-state index < -0.39 is 0 Å². The summed E-state index contributed by atoms with van der Waals surface area (Å²) in [6, 6.07) is 14.3. The van der Waals surface area contributed by atoms with E-state index in [2.05, 4.69) is 23.3 Å². The van der Waals surface area contributed by atoms with Gasteiger partial charge in [0, 0.05) is 46.5 Å². The van der Waals surface area contributed by atoms with Crippen LogP contribution in [0.2, 0.25) is 0 Å². The Bertz CT molecular complexity index is 1450. The SMILES string of the molecule is NC(=O)N1[C@@H]2CC[C@H]1C[C@@H](c1nc3c(-c4ccc(-c5ccccc5)nc4)cnn3c(N)c1C1CC1)C2. The number of nitrogens with zero attached hydrogens (tertiary/aromatic N) is 5. The Hall–Kier alpha value is -3.94. The van der Waals surface area contributed by atoms with Crippen LogP contribution in [0.25, 0.3) is 28.0 Å². The maximum absolute atomic E-state index is 12.0. The fraction of sp³-hybridized carbons (Fsp3) is 0.357. The van der Waals surface area contributed by atoms with E-state index in [0.717, 1.165) is 77.8 Å². The van der Waals surface area contributed by atoms with Crippen LogP contribution in [0.1, 0.15) is 61.6 Å². The first-order valence-electron chi connectivity index (χ1n) is 12.8. The topological polar surface area (TPSA) is 115 Å². The summed E-state index contributed by atoms with van der Waals surface area (Å²) in [5, 5.41) is 4.64. The fourth-order valence-corrected chi connectivity index (χ4v) is 6.44. The molecule has 3 aromatic heterocycles. The quantitative estimate of drug-likeness (QED) is 0.440. The second-order valence-electron chi connectivity index (χ2n) is 10.5. The molecule has 0 unspecified atom stereocenters. The Kier molecular flexibility index (Phi) is 4.77. The molecular weight excluding hydrogens is 450 g/mol. The number of hydrogen-bond donors (Lipinski definition) is 2. The van der Waals surface area contributed by atoms with Crippen LogP contribution >= 0.6 is 0 Å². The molecule has 2 saturated heterocycles. The van der Waals surface area contributed by atoms with Gasteiger partial charge in [-0.2, -0.15) is 9.61 Å². The Morgan fingerprint density at radius 2 is 1.64 bits per heavy atom. The minimum absolute atomic E-state index is 0.191. The summed E-state index contributed by atoms with van der Waals surface area (Å²) in [5.74, 6) is 1.41. The van der Waals surface area contributed by atoms with Crippen molar-refractivity contribution in [1.82, 2.24) is 24.5 Å². The molecule has 3 fully saturated rings. The van der Waals surface area contributed by atoms with Gasteiger partial charge in [0.1, 0.15) is 5.82 Å². The van der Waals surface area contributed by atoms with Crippen LogP contribution in [0.4, 0.5) is 10.6 Å². The van der Waals surface area contributed by atoms with Crippen molar-refractivity contribution in [1.29, 1.82) is 0 Å². The predicted molar refractivity (Wildman–Crippen MR) is 138 cm³/mol. The van der Waals surface area contributed by atoms with Crippen LogP contribution < -0.4 is 11.5 Å². The lowest BCUT2D eigenvalue weighted by atomic mass is 9.85. The van der Waals surface area contributed by atoms with E-state index in [0.29, 0.717) is 11.7 Å². The highest BCUT2D eigenvalue weighted by Gasteiger charge is 2.45. The van der Waals surface area contributed by atoms with E-state index >= 15 is 0 Å². The molecule has 4 N–H and O–H groups in total. The summed E-state index contributed by atoms with van der Waals surface area (Å²) in [6.07, 6.45) is 9.80. The van der Waals surface area contributed by atoms with Crippen molar-refractivity contribution in [3.8, 4) is 22.4 Å². The number of hydrogen-bond acceptors (Lipinski definition) is 5. The van der Waals surface area contributed by atoms with E-state index in [1.807, 2.05) is 41.6 Å². The van der Waals surface area contributed by atoms with Crippen LogP contribution in [0.15, 0.2) is 54.9 Å². The lowest BCUT2D eigenvalue weighted by Gasteiger charge is -2.38. The van der Waals surface area contributed by atoms with Gasteiger partial charge in [0.2, 0.25) is 0 Å². The smallest absolute Gasteiger partial charge is 0.315 e. The number of carbonyl (C=O) groups is 1. The highest BCUT2D eigenvalue weighted by Crippen LogP contribution is 2.50. The van der Waals surface area contributed by atoms with Crippen molar-refractivity contribution >= 4 is 17.5 Å². The number of primary amides is 1. The summed E-state index contributed by atoms with van der Waals surface area (Å²) >= 11 is 0. The first-order chi connectivity index (χ1) is 17.6. The van der Waals surface area contributed by atoms with Crippen molar-refractivity contribution in [3.63, 3.8) is 0 Å². The Morgan fingerprint density at radius 3 is 2.28 bits per heavy atom. The number of rotatable bonds is 4. The first kappa shape index (κ1) is 21.4. The molecule has 8 nitrogen and oxygen atoms in total. The average Bonchev–Trinajstić information content (AvgIpc) is 3.58. The zero-order valence-corrected chi connectivity index (χ0v) is 20.0. The van der Waals surface area contributed by atoms with Gasteiger partial charge >= 0.3 is 6.03 Å². The van der Waals surface area contributed by atoms with Crippen LogP contribution in [0, 0.1) is 0 Å². The largest absolute Gasteiger partial charge is 0.383 e. The van der Waals surface area contributed by atoms with Crippen molar-refractivity contribution in [2.24, 2.45) is 5.73 Å². The molecule has 3 aliphatic rings. The molecule has 5 heterocycles. The Morgan fingerprint density at radius 1 is 0.889 bits per heavy atom. The van der Waals surface area contributed by atoms with Gasteiger partial charge in [-0.05, 0) is 50.5 Å². The number of nitrogens with two attached hydrogens (primary N) is 2. The summed E-state index contributed by atoms with van der Waals surface area (Å²) in [6.45, 7) is 0. The molecule has 0 spiro atoms. The van der Waals surface area contributed by atoms with Crippen LogP contribution in [-0.4, -0.2) is 42.6 Å². The second kappa shape index (κ2) is 8.05. The van der Waals surface area contributed by atoms with E-state index in [4.69, 9.17) is 21.4 Å². The number of aromatic nitrogens is 4. The number of fused-ring (bicyclic) bond motifs is 3. The average molecular weight is 480 g/mol. The summed E-state index contributed by atoms with van der Waals surface area (Å²) in [7, 11) is 0. The van der Waals surface area contributed by atoms with E-state index in [-0.39, 0.29) is 24.0 Å². The number of urea groups is 1. The van der Waals surface area contributed by atoms with Crippen LogP contribution in [0.3, 0.4) is 0 Å². The van der Waals surface area contributed by atoms with E-state index in [9.17, 15) is 4.79 Å². The van der Waals surface area contributed by atoms with Gasteiger partial charge in [-0.1, -0.05) is 36.4 Å². The fourth-order valence-electron chi connectivity index (χ4n) is 6.44. The van der Waals surface area contributed by atoms with Crippen LogP contribution in [-0.2, 0) is 0 Å². The molecule has 2 amide bonds. The number of nitrogen functional groups attached to an aromatic ring is 1. The lowest BCUT2D eigenvalue weighted by Crippen LogP contribution is -2.48. The van der Waals surface area contributed by atoms with Crippen molar-refractivity contribution < 1.29 is 4.79 Å². The first-order valence-corrected chi connectivity index (χ1v) is 12.8. The molecule has 4 aromatic rings. The molecule has 7 rings (SSSR count). The standard InChI is InChI=1S/C28H29N7O/c29-26-24(17-6-7-17)25(19-12-20-9-10-21(13-19)34(20)28(30)36)33-27-22(15-32-35(26)27)18-8-11-23(31-14-18)16-4-2-1-3-5-16/h1-5,8,11,14-15,17,19-21H,6-7,9-10,12-13,29H2,(H2,30,36)/t19-,20+,21-. The van der Waals surface area contributed by atoms with E-state index in [1.54, 1.807) is 4.52 Å². The molecular formula is C28H29N7O. The highest BCUT2D eigenvalue weighted by molar-refractivity contribution is 5.79. The Labute approximate surface area is 209 Å². The summed E-state index contributed by atoms with van der Waals surface area (Å²) in [4.78, 5) is 23.9. The second-order valence-corrected chi connectivity index (χ2v) is 10.5. The Balaban J connectivity index is 1.30. The maximum Gasteiger partial charge on any atom is 0.315 e. The maximum atomic E-state index is 12.0. The highest BCUT2D eigenvalue weighted by atomic mass is 16.2. The monoisotopic (exact) mass is 479 g/mol. The molecule has 2 bridgehead atoms. The normalized spacial score (nSPS) is 23.3. The zero-order chi connectivity index (χ0) is 24.4. The van der Waals surface area contributed by atoms with Gasteiger partial charge < -0.3 is 16.4 Å². The van der Waals surface area contributed by atoms with Crippen molar-refractivity contribution in [2.45, 2.75) is 62.4 Å². The number of benzene rings is 1. The molecule has 0 radical (unpaired) electrons. The number of carbonyl (C=O) groups excluding carboxylic acids is 1. The molecule has 1 aromatic carbocycles. The molecule has 182 valence electrons. The molecule has 1 saturated carbocycles. The number of amides is 2. The summed E-state index contributed by atoms with van der Waals surface area (Å²) < 4.78 is 1.80. The molecule has 1 aliphatic carbocycles. The van der Waals surface area contributed by atoms with Gasteiger partial charge in [0.05, 0.1) is 17.6 Å². The third-order valence-corrected chi connectivity index (χ3v) is 8.25. The summed E-state index contributed by atoms with van der Waals surface area (Å²) in [5.41, 5.74) is 19.4. The number of pyridine rings is 1. The minimum Gasteiger partial charge on any atom is -0.383 e. The van der Waals surface area contributed by atoms with Crippen LogP contribution in [0.5, 0.6) is 0 Å². The van der Waals surface area contributed by atoms with Gasteiger partial charge in [-0.15, -0.1) is 0 Å². The third-order valence-electron chi connectivity index (χ3n) is 8.25. The predicted octanol–water partition coefficient (Wildman–Crippen LogP) is 4.71. The molecule has 36 heavy (non-hydrogen) atoms. The van der Waals surface area contributed by atoms with Gasteiger partial charge in [-0.3, -0.25) is 4.98 Å². The zero-order valence-electron chi connectivity index (χ0n) is 20.0. The minimum atomic E-state index is -0.296. The van der Waals surface area contributed by atoms with Crippen molar-refractivity contribution in [2.75, 3.05) is 5.73 Å². The molecule has 8 heteroatoms. The molecule has 2 aliphatic heterocycles. The third kappa shape index (κ3) is 3.35. The van der Waals surface area contributed by atoms with Gasteiger partial charge in [-0.25, -0.2) is 9.78 Å². The van der Waals surface area contributed by atoms with Gasteiger partial charge in [0.25, 0.3) is 0 Å². The number of anilines is 1. The molecule has 3 atom stereocenters. The lowest BCUT2D eigenvalue weighted by molar-refractivity contribution is 0.145. The van der Waals surface area contributed by atoms with E-state index in [1.165, 1.54) is 0 Å².